The summed E-state index contributed by atoms with van der Waals surface area (Å²) in [7, 11) is 0. The van der Waals surface area contributed by atoms with Gasteiger partial charge in [-0.25, -0.2) is 0 Å². The summed E-state index contributed by atoms with van der Waals surface area (Å²) in [5, 5.41) is 7.72. The van der Waals surface area contributed by atoms with Gasteiger partial charge in [0.15, 0.2) is 23.0 Å². The second-order valence-electron chi connectivity index (χ2n) is 16.6. The van der Waals surface area contributed by atoms with Crippen molar-refractivity contribution >= 4 is 33.3 Å². The summed E-state index contributed by atoms with van der Waals surface area (Å²) in [6, 6.07) is 76.7. The van der Waals surface area contributed by atoms with E-state index in [0.717, 1.165) is 45.0 Å². The molecule has 0 N–H and O–H groups in total. The van der Waals surface area contributed by atoms with E-state index >= 15 is 0 Å². The van der Waals surface area contributed by atoms with E-state index in [1.807, 2.05) is 24.3 Å². The Kier molecular flexibility index (Phi) is 8.12. The molecule has 0 radical (unpaired) electrons. The van der Waals surface area contributed by atoms with Gasteiger partial charge < -0.3 is 24.4 Å². The summed E-state index contributed by atoms with van der Waals surface area (Å²) >= 11 is 0. The maximum absolute atomic E-state index is 6.95. The Balaban J connectivity index is 0.880. The fourth-order valence-electron chi connectivity index (χ4n) is 10.3. The number of hydrogen-bond donors (Lipinski definition) is 0. The second kappa shape index (κ2) is 14.3. The first-order valence-electron chi connectivity index (χ1n) is 21.8. The van der Waals surface area contributed by atoms with E-state index in [2.05, 4.69) is 205 Å². The van der Waals surface area contributed by atoms with Crippen LogP contribution >= 0.6 is 0 Å². The third-order valence-electron chi connectivity index (χ3n) is 13.1. The molecule has 10 aromatic rings. The number of aromatic nitrogens is 1. The van der Waals surface area contributed by atoms with E-state index in [0.29, 0.717) is 23.1 Å². The average molecular weight is 821 g/mol. The number of para-hydroxylation sites is 2. The maximum atomic E-state index is 6.95. The van der Waals surface area contributed by atoms with Crippen LogP contribution < -0.4 is 9.47 Å². The minimum Gasteiger partial charge on any atom is -0.454 e. The Labute approximate surface area is 370 Å². The standard InChI is InChI=1S/C59H38N3O2/c1-4-16-38(17-5-1)49-37-50(39-28-31-43(32-29-39)62-51-26-14-11-22-44(51)45-23-12-15-27-52(45)62)61-58(60-49)40-30-34-53-55(36-40)63-54-35-33-48-56(57(54)64-53)46-24-10-13-25-47(46)59(48,41-18-6-2-7-19-41)42-20-8-3-9-21-42/h1-37,49H/q-1. The van der Waals surface area contributed by atoms with E-state index in [1.165, 1.54) is 44.1 Å². The lowest BCUT2D eigenvalue weighted by Crippen LogP contribution is -2.28. The molecule has 2 aliphatic heterocycles. The molecule has 13 rings (SSSR count). The highest BCUT2D eigenvalue weighted by molar-refractivity contribution is 6.13. The lowest BCUT2D eigenvalue weighted by atomic mass is 9.68. The number of hydrogen-bond acceptors (Lipinski definition) is 3. The molecule has 3 aliphatic rings. The van der Waals surface area contributed by atoms with Crippen molar-refractivity contribution < 1.29 is 9.47 Å². The van der Waals surface area contributed by atoms with Gasteiger partial charge >= 0.3 is 0 Å². The Hall–Kier alpha value is -8.41. The van der Waals surface area contributed by atoms with Crippen molar-refractivity contribution in [1.82, 2.24) is 4.57 Å². The van der Waals surface area contributed by atoms with Gasteiger partial charge in [0.25, 0.3) is 0 Å². The molecule has 64 heavy (non-hydrogen) atoms. The third-order valence-corrected chi connectivity index (χ3v) is 13.1. The van der Waals surface area contributed by atoms with Gasteiger partial charge in [0.1, 0.15) is 0 Å². The van der Waals surface area contributed by atoms with Crippen LogP contribution in [0, 0.1) is 0 Å². The topological polar surface area (TPSA) is 49.9 Å². The molecule has 1 aliphatic carbocycles. The van der Waals surface area contributed by atoms with Crippen LogP contribution in [0.25, 0.3) is 49.6 Å². The number of fused-ring (bicyclic) bond motifs is 9. The van der Waals surface area contributed by atoms with Gasteiger partial charge in [-0.05, 0) is 92.7 Å². The number of ether oxygens (including phenoxy) is 2. The van der Waals surface area contributed by atoms with Gasteiger partial charge in [-0.3, -0.25) is 0 Å². The van der Waals surface area contributed by atoms with Gasteiger partial charge in [-0.2, -0.15) is 0 Å². The highest BCUT2D eigenvalue weighted by Gasteiger charge is 2.48. The number of benzene rings is 9. The average Bonchev–Trinajstić information content (AvgIpc) is 3.87. The summed E-state index contributed by atoms with van der Waals surface area (Å²) in [6.45, 7) is 0. The molecule has 0 amide bonds. The van der Waals surface area contributed by atoms with Crippen molar-refractivity contribution in [1.29, 1.82) is 0 Å². The quantitative estimate of drug-likeness (QED) is 0.168. The van der Waals surface area contributed by atoms with Crippen molar-refractivity contribution in [3.8, 4) is 39.8 Å². The second-order valence-corrected chi connectivity index (χ2v) is 16.6. The zero-order valence-electron chi connectivity index (χ0n) is 34.6. The predicted octanol–water partition coefficient (Wildman–Crippen LogP) is 15.0. The van der Waals surface area contributed by atoms with Crippen LogP contribution in [0.2, 0.25) is 0 Å². The van der Waals surface area contributed by atoms with Crippen LogP contribution in [-0.4, -0.2) is 10.4 Å². The molecular weight excluding hydrogens is 783 g/mol. The molecule has 0 saturated carbocycles. The van der Waals surface area contributed by atoms with Crippen LogP contribution in [0.1, 0.15) is 45.0 Å². The molecule has 1 unspecified atom stereocenters. The predicted molar refractivity (Wildman–Crippen MR) is 258 cm³/mol. The first kappa shape index (κ1) is 36.3. The minimum atomic E-state index is -0.538. The van der Waals surface area contributed by atoms with E-state index in [1.54, 1.807) is 0 Å². The van der Waals surface area contributed by atoms with E-state index in [9.17, 15) is 0 Å². The molecule has 5 heteroatoms. The van der Waals surface area contributed by atoms with Crippen molar-refractivity contribution in [2.75, 3.05) is 0 Å². The van der Waals surface area contributed by atoms with Crippen LogP contribution in [0.3, 0.4) is 0 Å². The fourth-order valence-corrected chi connectivity index (χ4v) is 10.3. The maximum Gasteiger partial charge on any atom is 0.178 e. The Morgan fingerprint density at radius 2 is 1.08 bits per heavy atom. The summed E-state index contributed by atoms with van der Waals surface area (Å²) in [4.78, 5) is 5.24. The number of amidine groups is 1. The van der Waals surface area contributed by atoms with Crippen LogP contribution in [0.5, 0.6) is 23.0 Å². The molecule has 1 atom stereocenters. The molecule has 0 saturated heterocycles. The van der Waals surface area contributed by atoms with Crippen molar-refractivity contribution in [3.05, 3.63) is 269 Å². The lowest BCUT2D eigenvalue weighted by Gasteiger charge is -2.34. The molecule has 3 heterocycles. The number of rotatable bonds is 6. The Morgan fingerprint density at radius 3 is 1.78 bits per heavy atom. The van der Waals surface area contributed by atoms with Crippen LogP contribution in [0.15, 0.2) is 229 Å². The van der Waals surface area contributed by atoms with Gasteiger partial charge in [0, 0.05) is 28.1 Å². The summed E-state index contributed by atoms with van der Waals surface area (Å²) in [5.74, 6) is 3.29. The van der Waals surface area contributed by atoms with Gasteiger partial charge in [0.2, 0.25) is 0 Å². The SMILES string of the molecule is C1=C(c2ccc(-n3c4ccccc4c4ccccc43)cc2)N=C(c2ccc3c(c2)Oc2ccc4c(c2O3)-c2ccccc2C4(c2ccccc2)c2ccccc2)[N-]C1c1ccccc1. The molecule has 302 valence electrons. The summed E-state index contributed by atoms with van der Waals surface area (Å²) < 4.78 is 16.1. The zero-order valence-corrected chi connectivity index (χ0v) is 34.6. The zero-order chi connectivity index (χ0) is 42.2. The van der Waals surface area contributed by atoms with Gasteiger partial charge in [-0.1, -0.05) is 188 Å². The van der Waals surface area contributed by atoms with Crippen LogP contribution in [-0.2, 0) is 5.41 Å². The molecular formula is C59H38N3O2-. The van der Waals surface area contributed by atoms with Gasteiger partial charge in [-0.15, -0.1) is 0 Å². The summed E-state index contributed by atoms with van der Waals surface area (Å²) in [6.07, 6.45) is 2.16. The summed E-state index contributed by atoms with van der Waals surface area (Å²) in [5.41, 5.74) is 13.7. The van der Waals surface area contributed by atoms with Crippen molar-refractivity contribution in [2.24, 2.45) is 4.99 Å². The van der Waals surface area contributed by atoms with E-state index in [4.69, 9.17) is 19.8 Å². The molecule has 9 aromatic carbocycles. The highest BCUT2D eigenvalue weighted by atomic mass is 16.6. The van der Waals surface area contributed by atoms with Crippen molar-refractivity contribution in [2.45, 2.75) is 11.5 Å². The largest absolute Gasteiger partial charge is 0.454 e. The minimum absolute atomic E-state index is 0.230. The van der Waals surface area contributed by atoms with E-state index < -0.39 is 5.41 Å². The molecule has 0 fully saturated rings. The number of aliphatic imine (C=N–C) groups is 1. The fraction of sp³-hybridized carbons (Fsp3) is 0.0339. The monoisotopic (exact) mass is 820 g/mol. The Bertz CT molecular complexity index is 3420. The number of nitrogens with zero attached hydrogens (tertiary/aromatic N) is 3. The smallest absolute Gasteiger partial charge is 0.178 e. The van der Waals surface area contributed by atoms with E-state index in [-0.39, 0.29) is 6.04 Å². The molecule has 1 aromatic heterocycles. The molecule has 0 bridgehead atoms. The van der Waals surface area contributed by atoms with Gasteiger partial charge in [0.05, 0.1) is 16.4 Å². The molecule has 0 spiro atoms. The molecule has 5 nitrogen and oxygen atoms in total. The van der Waals surface area contributed by atoms with Crippen molar-refractivity contribution in [3.63, 3.8) is 0 Å². The lowest BCUT2D eigenvalue weighted by molar-refractivity contribution is 0.360. The highest BCUT2D eigenvalue weighted by Crippen LogP contribution is 2.62. The first-order chi connectivity index (χ1) is 31.7. The normalized spacial score (nSPS) is 15.4. The Morgan fingerprint density at radius 1 is 0.484 bits per heavy atom. The van der Waals surface area contributed by atoms with Crippen LogP contribution in [0.4, 0.5) is 0 Å². The first-order valence-corrected chi connectivity index (χ1v) is 21.8. The third kappa shape index (κ3) is 5.47.